The number of piperidine rings is 1. The number of carbonyl (C=O) groups excluding carboxylic acids is 1. The summed E-state index contributed by atoms with van der Waals surface area (Å²) in [4.78, 5) is 18.9. The minimum atomic E-state index is -0.836. The molecule has 3 aromatic rings. The number of imidazole rings is 1. The molecule has 3 heterocycles. The number of fused-ring (bicyclic) bond motifs is 1. The molecule has 1 amide bonds. The Hall–Kier alpha value is -2.71. The zero-order chi connectivity index (χ0) is 18.9. The first-order valence-corrected chi connectivity index (χ1v) is 9.16. The monoisotopic (exact) mass is 368 g/mol. The van der Waals surface area contributed by atoms with Crippen molar-refractivity contribution in [3.63, 3.8) is 0 Å². The number of nitrogens with zero attached hydrogens (tertiary/aromatic N) is 4. The van der Waals surface area contributed by atoms with Gasteiger partial charge < -0.3 is 19.9 Å². The SMILES string of the molecule is CN1CCC(O)(CNC(=O)c2cc(Cn3cnc4ccccc43)[nH]n2)CC1. The number of rotatable bonds is 5. The van der Waals surface area contributed by atoms with Crippen molar-refractivity contribution < 1.29 is 9.90 Å². The Balaban J connectivity index is 1.38. The third kappa shape index (κ3) is 3.86. The largest absolute Gasteiger partial charge is 0.388 e. The molecular weight excluding hydrogens is 344 g/mol. The summed E-state index contributed by atoms with van der Waals surface area (Å²) in [6, 6.07) is 9.64. The number of aromatic amines is 1. The van der Waals surface area contributed by atoms with Gasteiger partial charge in [-0.3, -0.25) is 9.89 Å². The Kier molecular flexibility index (Phi) is 4.67. The number of para-hydroxylation sites is 2. The molecular formula is C19H24N6O2. The van der Waals surface area contributed by atoms with Crippen molar-refractivity contribution in [3.8, 4) is 0 Å². The van der Waals surface area contributed by atoms with E-state index in [0.717, 1.165) is 29.8 Å². The smallest absolute Gasteiger partial charge is 0.271 e. The van der Waals surface area contributed by atoms with Gasteiger partial charge in [-0.15, -0.1) is 0 Å². The van der Waals surface area contributed by atoms with Crippen molar-refractivity contribution in [2.24, 2.45) is 0 Å². The van der Waals surface area contributed by atoms with Gasteiger partial charge in [0.1, 0.15) is 5.69 Å². The molecule has 0 saturated carbocycles. The fourth-order valence-electron chi connectivity index (χ4n) is 3.43. The highest BCUT2D eigenvalue weighted by molar-refractivity contribution is 5.92. The molecule has 1 aromatic carbocycles. The highest BCUT2D eigenvalue weighted by Crippen LogP contribution is 2.20. The van der Waals surface area contributed by atoms with Crippen LogP contribution < -0.4 is 5.32 Å². The highest BCUT2D eigenvalue weighted by atomic mass is 16.3. The number of H-pyrrole nitrogens is 1. The number of amides is 1. The van der Waals surface area contributed by atoms with Crippen LogP contribution in [-0.2, 0) is 6.54 Å². The van der Waals surface area contributed by atoms with Crippen LogP contribution in [0.25, 0.3) is 11.0 Å². The first-order chi connectivity index (χ1) is 13.0. The average Bonchev–Trinajstić information content (AvgIpc) is 3.31. The van der Waals surface area contributed by atoms with Crippen molar-refractivity contribution >= 4 is 16.9 Å². The second-order valence-corrected chi connectivity index (χ2v) is 7.35. The maximum Gasteiger partial charge on any atom is 0.271 e. The predicted molar refractivity (Wildman–Crippen MR) is 101 cm³/mol. The van der Waals surface area contributed by atoms with E-state index in [2.05, 4.69) is 25.4 Å². The van der Waals surface area contributed by atoms with Crippen LogP contribution in [-0.4, -0.2) is 67.9 Å². The maximum atomic E-state index is 12.4. The molecule has 3 N–H and O–H groups in total. The molecule has 1 aliphatic rings. The van der Waals surface area contributed by atoms with E-state index < -0.39 is 5.60 Å². The van der Waals surface area contributed by atoms with E-state index in [0.29, 0.717) is 25.1 Å². The van der Waals surface area contributed by atoms with Crippen molar-refractivity contribution in [1.29, 1.82) is 0 Å². The van der Waals surface area contributed by atoms with Gasteiger partial charge in [0, 0.05) is 19.6 Å². The first kappa shape index (κ1) is 17.7. The van der Waals surface area contributed by atoms with Crippen LogP contribution in [0.3, 0.4) is 0 Å². The Bertz CT molecular complexity index is 938. The van der Waals surface area contributed by atoms with Crippen molar-refractivity contribution in [1.82, 2.24) is 30.0 Å². The minimum absolute atomic E-state index is 0.244. The number of hydrogen-bond donors (Lipinski definition) is 3. The third-order valence-corrected chi connectivity index (χ3v) is 5.23. The fraction of sp³-hybridized carbons (Fsp3) is 0.421. The second kappa shape index (κ2) is 7.13. The molecule has 27 heavy (non-hydrogen) atoms. The lowest BCUT2D eigenvalue weighted by molar-refractivity contribution is -0.0135. The van der Waals surface area contributed by atoms with Crippen LogP contribution in [0.2, 0.25) is 0 Å². The lowest BCUT2D eigenvalue weighted by Crippen LogP contribution is -2.50. The van der Waals surface area contributed by atoms with Crippen LogP contribution in [0.5, 0.6) is 0 Å². The number of likely N-dealkylation sites (tertiary alicyclic amines) is 1. The summed E-state index contributed by atoms with van der Waals surface area (Å²) in [7, 11) is 2.03. The molecule has 0 atom stereocenters. The van der Waals surface area contributed by atoms with E-state index in [9.17, 15) is 9.90 Å². The van der Waals surface area contributed by atoms with E-state index in [-0.39, 0.29) is 12.5 Å². The molecule has 1 fully saturated rings. The molecule has 1 aliphatic heterocycles. The number of benzene rings is 1. The Labute approximate surface area is 157 Å². The van der Waals surface area contributed by atoms with Gasteiger partial charge in [-0.25, -0.2) is 4.98 Å². The lowest BCUT2D eigenvalue weighted by atomic mass is 9.91. The van der Waals surface area contributed by atoms with Crippen molar-refractivity contribution in [2.75, 3.05) is 26.7 Å². The minimum Gasteiger partial charge on any atom is -0.388 e. The number of hydrogen-bond acceptors (Lipinski definition) is 5. The highest BCUT2D eigenvalue weighted by Gasteiger charge is 2.31. The summed E-state index contributed by atoms with van der Waals surface area (Å²) in [6.07, 6.45) is 3.09. The van der Waals surface area contributed by atoms with E-state index >= 15 is 0 Å². The molecule has 1 saturated heterocycles. The van der Waals surface area contributed by atoms with E-state index in [1.807, 2.05) is 35.9 Å². The number of nitrogens with one attached hydrogen (secondary N) is 2. The Morgan fingerprint density at radius 1 is 1.33 bits per heavy atom. The average molecular weight is 368 g/mol. The zero-order valence-corrected chi connectivity index (χ0v) is 15.4. The van der Waals surface area contributed by atoms with Gasteiger partial charge in [0.25, 0.3) is 5.91 Å². The van der Waals surface area contributed by atoms with Crippen molar-refractivity contribution in [2.45, 2.75) is 25.0 Å². The quantitative estimate of drug-likeness (QED) is 0.624. The topological polar surface area (TPSA) is 99.1 Å². The van der Waals surface area contributed by atoms with Crippen LogP contribution >= 0.6 is 0 Å². The van der Waals surface area contributed by atoms with E-state index in [1.54, 1.807) is 12.4 Å². The standard InChI is InChI=1S/C19H24N6O2/c1-24-8-6-19(27,7-9-24)12-20-18(26)16-10-14(22-23-16)11-25-13-21-15-4-2-3-5-17(15)25/h2-5,10,13,27H,6-9,11-12H2,1H3,(H,20,26)(H,22,23). The molecule has 2 aromatic heterocycles. The molecule has 0 radical (unpaired) electrons. The van der Waals surface area contributed by atoms with Gasteiger partial charge in [-0.2, -0.15) is 5.10 Å². The van der Waals surface area contributed by atoms with Gasteiger partial charge in [0.2, 0.25) is 0 Å². The summed E-state index contributed by atoms with van der Waals surface area (Å²) < 4.78 is 2.01. The molecule has 4 rings (SSSR count). The second-order valence-electron chi connectivity index (χ2n) is 7.35. The Morgan fingerprint density at radius 2 is 2.11 bits per heavy atom. The normalized spacial score (nSPS) is 17.3. The Morgan fingerprint density at radius 3 is 2.93 bits per heavy atom. The molecule has 0 aliphatic carbocycles. The van der Waals surface area contributed by atoms with Crippen LogP contribution in [0.1, 0.15) is 29.0 Å². The number of carbonyl (C=O) groups is 1. The van der Waals surface area contributed by atoms with Gasteiger partial charge in [-0.05, 0) is 38.1 Å². The lowest BCUT2D eigenvalue weighted by Gasteiger charge is -2.36. The van der Waals surface area contributed by atoms with Crippen LogP contribution in [0, 0.1) is 0 Å². The first-order valence-electron chi connectivity index (χ1n) is 9.16. The van der Waals surface area contributed by atoms with Gasteiger partial charge in [0.15, 0.2) is 0 Å². The summed E-state index contributed by atoms with van der Waals surface area (Å²) in [6.45, 7) is 2.46. The molecule has 0 unspecified atom stereocenters. The molecule has 0 bridgehead atoms. The number of aliphatic hydroxyl groups is 1. The molecule has 142 valence electrons. The molecule has 0 spiro atoms. The maximum absolute atomic E-state index is 12.4. The fourth-order valence-corrected chi connectivity index (χ4v) is 3.43. The molecule has 8 nitrogen and oxygen atoms in total. The van der Waals surface area contributed by atoms with Crippen LogP contribution in [0.15, 0.2) is 36.7 Å². The summed E-state index contributed by atoms with van der Waals surface area (Å²) in [5.41, 5.74) is 2.27. The third-order valence-electron chi connectivity index (χ3n) is 5.23. The van der Waals surface area contributed by atoms with Gasteiger partial charge in [0.05, 0.1) is 35.2 Å². The van der Waals surface area contributed by atoms with E-state index in [1.165, 1.54) is 0 Å². The van der Waals surface area contributed by atoms with Gasteiger partial charge >= 0.3 is 0 Å². The zero-order valence-electron chi connectivity index (χ0n) is 15.4. The summed E-state index contributed by atoms with van der Waals surface area (Å²) in [5, 5.41) is 20.4. The summed E-state index contributed by atoms with van der Waals surface area (Å²) in [5.74, 6) is -0.277. The molecule has 8 heteroatoms. The number of aromatic nitrogens is 4. The predicted octanol–water partition coefficient (Wildman–Crippen LogP) is 0.994. The summed E-state index contributed by atoms with van der Waals surface area (Å²) >= 11 is 0. The van der Waals surface area contributed by atoms with Crippen molar-refractivity contribution in [3.05, 3.63) is 48.0 Å². The van der Waals surface area contributed by atoms with E-state index in [4.69, 9.17) is 0 Å². The van der Waals surface area contributed by atoms with Gasteiger partial charge in [-0.1, -0.05) is 12.1 Å². The van der Waals surface area contributed by atoms with Crippen LogP contribution in [0.4, 0.5) is 0 Å².